The Bertz CT molecular complexity index is 1740. The van der Waals surface area contributed by atoms with Crippen LogP contribution in [0.25, 0.3) is 11.3 Å². The number of anilines is 4. The molecule has 3 heterocycles. The van der Waals surface area contributed by atoms with Crippen molar-refractivity contribution in [3.8, 4) is 17.0 Å². The lowest BCUT2D eigenvalue weighted by Gasteiger charge is -2.29. The normalized spacial score (nSPS) is 15.1. The number of halogens is 2. The molecule has 2 saturated heterocycles. The van der Waals surface area contributed by atoms with Gasteiger partial charge in [0.05, 0.1) is 30.3 Å². The van der Waals surface area contributed by atoms with Crippen molar-refractivity contribution < 1.29 is 23.4 Å². The highest BCUT2D eigenvalue weighted by Crippen LogP contribution is 2.34. The van der Waals surface area contributed by atoms with E-state index in [1.54, 1.807) is 36.5 Å². The van der Waals surface area contributed by atoms with Crippen molar-refractivity contribution in [2.75, 3.05) is 54.5 Å². The number of hydrogen-bond donors (Lipinski definition) is 2. The maximum atomic E-state index is 15.3. The zero-order valence-corrected chi connectivity index (χ0v) is 25.6. The van der Waals surface area contributed by atoms with E-state index in [0.717, 1.165) is 37.2 Å². The monoisotopic (exact) mass is 625 g/mol. The van der Waals surface area contributed by atoms with Crippen molar-refractivity contribution in [1.82, 2.24) is 9.97 Å². The Balaban J connectivity index is 1.34. The van der Waals surface area contributed by atoms with Gasteiger partial charge < -0.3 is 25.0 Å². The molecule has 0 radical (unpaired) electrons. The highest BCUT2D eigenvalue weighted by molar-refractivity contribution is 5.91. The lowest BCUT2D eigenvalue weighted by molar-refractivity contribution is -0.114. The van der Waals surface area contributed by atoms with E-state index < -0.39 is 5.82 Å². The molecule has 0 aliphatic carbocycles. The van der Waals surface area contributed by atoms with Crippen molar-refractivity contribution in [3.05, 3.63) is 102 Å². The van der Waals surface area contributed by atoms with Crippen LogP contribution in [-0.2, 0) is 22.4 Å². The SMILES string of the molecule is C=CC(=O)Cc1cc(-c2nc(Nc3ccc(O)c(N4CCCCC4)c3)ncc2Cc2ccc(N3CCOCC3)c(F)c2)ccc1F. The van der Waals surface area contributed by atoms with Crippen molar-refractivity contribution in [2.24, 2.45) is 0 Å². The molecule has 238 valence electrons. The van der Waals surface area contributed by atoms with E-state index in [4.69, 9.17) is 9.72 Å². The summed E-state index contributed by atoms with van der Waals surface area (Å²) in [5, 5.41) is 13.8. The van der Waals surface area contributed by atoms with Crippen LogP contribution in [0.3, 0.4) is 0 Å². The standard InChI is InChI=1S/C36H37F2N5O3/c1-2-29(44)21-26-20-25(7-9-30(26)37)35-27(18-24-6-10-32(31(38)19-24)43-14-16-46-17-15-43)23-39-36(41-35)40-28-8-11-34(45)33(22-28)42-12-4-3-5-13-42/h2,6-11,19-20,22-23,45H,1,3-5,12-18,21H2,(H,39,40,41). The summed E-state index contributed by atoms with van der Waals surface area (Å²) in [7, 11) is 0. The van der Waals surface area contributed by atoms with Gasteiger partial charge in [-0.05, 0) is 85.0 Å². The summed E-state index contributed by atoms with van der Waals surface area (Å²) < 4.78 is 35.4. The summed E-state index contributed by atoms with van der Waals surface area (Å²) in [5.41, 5.74) is 4.78. The summed E-state index contributed by atoms with van der Waals surface area (Å²) in [6.07, 6.45) is 6.38. The lowest BCUT2D eigenvalue weighted by Crippen LogP contribution is -2.36. The molecule has 1 aromatic heterocycles. The first-order valence-corrected chi connectivity index (χ1v) is 15.6. The minimum Gasteiger partial charge on any atom is -0.506 e. The predicted molar refractivity (Wildman–Crippen MR) is 176 cm³/mol. The van der Waals surface area contributed by atoms with Crippen LogP contribution in [0.5, 0.6) is 5.75 Å². The number of aromatic hydroxyl groups is 1. The third kappa shape index (κ3) is 7.18. The average Bonchev–Trinajstić information content (AvgIpc) is 3.08. The number of ketones is 1. The number of nitrogens with one attached hydrogen (secondary N) is 1. The summed E-state index contributed by atoms with van der Waals surface area (Å²) in [6.45, 7) is 7.64. The van der Waals surface area contributed by atoms with Gasteiger partial charge in [-0.25, -0.2) is 18.7 Å². The molecule has 4 aromatic rings. The Morgan fingerprint density at radius 1 is 0.913 bits per heavy atom. The fraction of sp³-hybridized carbons (Fsp3) is 0.306. The Morgan fingerprint density at radius 2 is 1.70 bits per heavy atom. The first kappa shape index (κ1) is 31.2. The maximum absolute atomic E-state index is 15.3. The molecule has 2 N–H and O–H groups in total. The second-order valence-corrected chi connectivity index (χ2v) is 11.7. The molecule has 8 nitrogen and oxygen atoms in total. The first-order chi connectivity index (χ1) is 22.4. The summed E-state index contributed by atoms with van der Waals surface area (Å²) >= 11 is 0. The van der Waals surface area contributed by atoms with Gasteiger partial charge in [-0.2, -0.15) is 0 Å². The molecule has 0 saturated carbocycles. The van der Waals surface area contributed by atoms with Gasteiger partial charge in [0, 0.05) is 62.0 Å². The molecule has 0 bridgehead atoms. The highest BCUT2D eigenvalue weighted by Gasteiger charge is 2.19. The van der Waals surface area contributed by atoms with Gasteiger partial charge in [-0.15, -0.1) is 0 Å². The second kappa shape index (κ2) is 14.1. The Hall–Kier alpha value is -4.83. The van der Waals surface area contributed by atoms with E-state index in [1.807, 2.05) is 17.0 Å². The number of morpholine rings is 1. The summed E-state index contributed by atoms with van der Waals surface area (Å²) in [5.74, 6) is -0.596. The van der Waals surface area contributed by atoms with Crippen LogP contribution in [0.1, 0.15) is 36.0 Å². The van der Waals surface area contributed by atoms with Crippen LogP contribution in [0.15, 0.2) is 73.4 Å². The fourth-order valence-electron chi connectivity index (χ4n) is 6.02. The van der Waals surface area contributed by atoms with Crippen molar-refractivity contribution in [1.29, 1.82) is 0 Å². The minimum atomic E-state index is -0.497. The third-order valence-corrected chi connectivity index (χ3v) is 8.46. The van der Waals surface area contributed by atoms with Gasteiger partial charge in [0.2, 0.25) is 5.95 Å². The zero-order chi connectivity index (χ0) is 32.0. The van der Waals surface area contributed by atoms with Crippen LogP contribution in [0.4, 0.5) is 31.8 Å². The number of phenols is 1. The third-order valence-electron chi connectivity index (χ3n) is 8.46. The molecule has 2 aliphatic rings. The zero-order valence-electron chi connectivity index (χ0n) is 25.6. The van der Waals surface area contributed by atoms with Gasteiger partial charge in [0.15, 0.2) is 5.78 Å². The van der Waals surface area contributed by atoms with Gasteiger partial charge >= 0.3 is 0 Å². The van der Waals surface area contributed by atoms with Crippen LogP contribution in [0, 0.1) is 11.6 Å². The van der Waals surface area contributed by atoms with Crippen LogP contribution < -0.4 is 15.1 Å². The van der Waals surface area contributed by atoms with Gasteiger partial charge in [0.25, 0.3) is 0 Å². The molecule has 0 atom stereocenters. The number of carbonyl (C=O) groups excluding carboxylic acids is 1. The summed E-state index contributed by atoms with van der Waals surface area (Å²) in [6, 6.07) is 15.0. The number of piperidine rings is 1. The quantitative estimate of drug-likeness (QED) is 0.151. The molecule has 46 heavy (non-hydrogen) atoms. The number of rotatable bonds is 10. The van der Waals surface area contributed by atoms with E-state index in [-0.39, 0.29) is 29.3 Å². The molecule has 6 rings (SSSR count). The molecule has 0 spiro atoms. The summed E-state index contributed by atoms with van der Waals surface area (Å²) in [4.78, 5) is 25.7. The Morgan fingerprint density at radius 3 is 2.46 bits per heavy atom. The van der Waals surface area contributed by atoms with Crippen molar-refractivity contribution in [2.45, 2.75) is 32.1 Å². The molecule has 2 fully saturated rings. The molecule has 0 amide bonds. The van der Waals surface area contributed by atoms with Crippen LogP contribution >= 0.6 is 0 Å². The van der Waals surface area contributed by atoms with E-state index in [1.165, 1.54) is 24.6 Å². The van der Waals surface area contributed by atoms with E-state index >= 15 is 4.39 Å². The number of hydrogen-bond acceptors (Lipinski definition) is 8. The molecule has 10 heteroatoms. The number of allylic oxidation sites excluding steroid dienone is 1. The molecule has 0 unspecified atom stereocenters. The molecule has 2 aliphatic heterocycles. The topological polar surface area (TPSA) is 90.8 Å². The highest BCUT2D eigenvalue weighted by atomic mass is 19.1. The number of carbonyl (C=O) groups is 1. The number of ether oxygens (including phenoxy) is 1. The lowest BCUT2D eigenvalue weighted by atomic mass is 9.97. The smallest absolute Gasteiger partial charge is 0.227 e. The van der Waals surface area contributed by atoms with Gasteiger partial charge in [0.1, 0.15) is 17.4 Å². The predicted octanol–water partition coefficient (Wildman–Crippen LogP) is 6.59. The van der Waals surface area contributed by atoms with E-state index in [9.17, 15) is 14.3 Å². The van der Waals surface area contributed by atoms with Crippen LogP contribution in [0.2, 0.25) is 0 Å². The van der Waals surface area contributed by atoms with Crippen LogP contribution in [-0.4, -0.2) is 60.3 Å². The van der Waals surface area contributed by atoms with Crippen molar-refractivity contribution >= 4 is 28.8 Å². The number of phenolic OH excluding ortho intramolecular Hbond substituents is 1. The van der Waals surface area contributed by atoms with E-state index in [0.29, 0.717) is 66.9 Å². The average molecular weight is 626 g/mol. The minimum absolute atomic E-state index is 0.129. The fourth-order valence-corrected chi connectivity index (χ4v) is 6.02. The Labute approximate surface area is 267 Å². The first-order valence-electron chi connectivity index (χ1n) is 15.6. The molecule has 3 aromatic carbocycles. The van der Waals surface area contributed by atoms with Gasteiger partial charge in [-0.1, -0.05) is 12.6 Å². The number of benzene rings is 3. The Kier molecular flexibility index (Phi) is 9.54. The molecular formula is C36H37F2N5O3. The number of nitrogens with zero attached hydrogens (tertiary/aromatic N) is 4. The van der Waals surface area contributed by atoms with E-state index in [2.05, 4.69) is 21.8 Å². The second-order valence-electron chi connectivity index (χ2n) is 11.7. The molecular weight excluding hydrogens is 588 g/mol. The maximum Gasteiger partial charge on any atom is 0.227 e. The van der Waals surface area contributed by atoms with Gasteiger partial charge in [-0.3, -0.25) is 4.79 Å². The largest absolute Gasteiger partial charge is 0.506 e. The van der Waals surface area contributed by atoms with Crippen molar-refractivity contribution in [3.63, 3.8) is 0 Å². The number of aromatic nitrogens is 2.